The van der Waals surface area contributed by atoms with E-state index in [2.05, 4.69) is 42.2 Å². The van der Waals surface area contributed by atoms with Gasteiger partial charge in [0.15, 0.2) is 0 Å². The molecule has 2 aliphatic heterocycles. The molecule has 1 aromatic rings. The molecule has 1 aromatic carbocycles. The van der Waals surface area contributed by atoms with Crippen LogP contribution < -0.4 is 0 Å². The maximum absolute atomic E-state index is 12.9. The predicted octanol–water partition coefficient (Wildman–Crippen LogP) is 3.08. The number of amides is 3. The molecule has 0 aliphatic carbocycles. The normalized spacial score (nSPS) is 20.4. The van der Waals surface area contributed by atoms with Crippen LogP contribution in [0.1, 0.15) is 28.8 Å². The van der Waals surface area contributed by atoms with Crippen LogP contribution >= 0.6 is 22.6 Å². The van der Waals surface area contributed by atoms with Crippen molar-refractivity contribution < 1.29 is 19.1 Å². The van der Waals surface area contributed by atoms with Gasteiger partial charge in [-0.3, -0.25) is 19.3 Å². The van der Waals surface area contributed by atoms with Crippen molar-refractivity contribution >= 4 is 48.4 Å². The molecule has 6 nitrogen and oxygen atoms in total. The summed E-state index contributed by atoms with van der Waals surface area (Å²) in [4.78, 5) is 40.7. The Hall–Kier alpha value is -1.26. The molecule has 27 heavy (non-hydrogen) atoms. The van der Waals surface area contributed by atoms with Gasteiger partial charge in [0, 0.05) is 36.8 Å². The van der Waals surface area contributed by atoms with Crippen LogP contribution in [0.5, 0.6) is 0 Å². The summed E-state index contributed by atoms with van der Waals surface area (Å²) in [5, 5.41) is 0. The first-order valence-electron chi connectivity index (χ1n) is 9.19. The highest BCUT2D eigenvalue weighted by atomic mass is 127. The molecule has 0 radical (unpaired) electrons. The number of rotatable bonds is 6. The predicted molar refractivity (Wildman–Crippen MR) is 113 cm³/mol. The van der Waals surface area contributed by atoms with E-state index in [0.29, 0.717) is 25.1 Å². The smallest absolute Gasteiger partial charge is 0.255 e. The van der Waals surface area contributed by atoms with Crippen molar-refractivity contribution in [1.29, 1.82) is 0 Å². The van der Waals surface area contributed by atoms with Crippen molar-refractivity contribution in [1.82, 2.24) is 9.80 Å². The largest absolute Gasteiger partial charge is 0.361 e. The maximum Gasteiger partial charge on any atom is 0.255 e. The summed E-state index contributed by atoms with van der Waals surface area (Å²) in [6.07, 6.45) is 0.630. The van der Waals surface area contributed by atoms with Crippen LogP contribution in [0.25, 0.3) is 0 Å². The van der Waals surface area contributed by atoms with E-state index in [0.717, 1.165) is 15.2 Å². The van der Waals surface area contributed by atoms with Gasteiger partial charge < -0.3 is 9.64 Å². The highest BCUT2D eigenvalue weighted by Gasteiger charge is 2.42. The van der Waals surface area contributed by atoms with Gasteiger partial charge in [0.1, 0.15) is 12.8 Å². The van der Waals surface area contributed by atoms with Gasteiger partial charge in [-0.05, 0) is 52.8 Å². The zero-order valence-electron chi connectivity index (χ0n) is 16.0. The molecule has 0 aromatic heterocycles. The zero-order chi connectivity index (χ0) is 19.8. The van der Waals surface area contributed by atoms with Crippen molar-refractivity contribution in [3.8, 4) is 0 Å². The number of fused-ring (bicyclic) bond motifs is 1. The van der Waals surface area contributed by atoms with Crippen molar-refractivity contribution in [3.05, 3.63) is 32.9 Å². The Balaban J connectivity index is 1.66. The summed E-state index contributed by atoms with van der Waals surface area (Å²) < 4.78 is 6.61. The van der Waals surface area contributed by atoms with E-state index in [1.807, 2.05) is 18.2 Å². The molecule has 3 rings (SSSR count). The Bertz CT molecular complexity index is 777. The molecule has 2 heterocycles. The van der Waals surface area contributed by atoms with Gasteiger partial charge in [-0.1, -0.05) is 25.7 Å². The quantitative estimate of drug-likeness (QED) is 0.261. The third-order valence-electron chi connectivity index (χ3n) is 4.98. The number of hydrogen-bond acceptors (Lipinski definition) is 4. The highest BCUT2D eigenvalue weighted by molar-refractivity contribution is 14.1. The molecule has 1 fully saturated rings. The third-order valence-corrected chi connectivity index (χ3v) is 7.36. The number of carbonyl (C=O) groups excluding carboxylic acids is 3. The van der Waals surface area contributed by atoms with Crippen LogP contribution in [0.4, 0.5) is 0 Å². The molecule has 2 aliphatic rings. The minimum atomic E-state index is -1.23. The first-order valence-corrected chi connectivity index (χ1v) is 14.0. The molecular formula is C19H25IN2O4Si. The van der Waals surface area contributed by atoms with Gasteiger partial charge >= 0.3 is 0 Å². The van der Waals surface area contributed by atoms with Gasteiger partial charge in [-0.2, -0.15) is 0 Å². The lowest BCUT2D eigenvalue weighted by Crippen LogP contribution is -2.55. The van der Waals surface area contributed by atoms with Crippen LogP contribution in [0.3, 0.4) is 0 Å². The van der Waals surface area contributed by atoms with Crippen LogP contribution in [-0.4, -0.2) is 55.0 Å². The van der Waals surface area contributed by atoms with Crippen molar-refractivity contribution in [2.45, 2.75) is 51.1 Å². The van der Waals surface area contributed by atoms with Crippen molar-refractivity contribution in [2.75, 3.05) is 13.3 Å². The van der Waals surface area contributed by atoms with E-state index >= 15 is 0 Å². The fraction of sp³-hybridized carbons (Fsp3) is 0.526. The van der Waals surface area contributed by atoms with E-state index in [4.69, 9.17) is 4.74 Å². The topological polar surface area (TPSA) is 66.9 Å². The third kappa shape index (κ3) is 4.60. The van der Waals surface area contributed by atoms with Crippen LogP contribution in [0.15, 0.2) is 18.2 Å². The van der Waals surface area contributed by atoms with E-state index < -0.39 is 14.1 Å². The number of benzene rings is 1. The Morgan fingerprint density at radius 2 is 1.96 bits per heavy atom. The molecule has 8 heteroatoms. The summed E-state index contributed by atoms with van der Waals surface area (Å²) in [5.41, 5.74) is 1.59. The Morgan fingerprint density at radius 1 is 1.22 bits per heavy atom. The number of likely N-dealkylation sites (tertiary alicyclic amines) is 1. The number of halogens is 1. The number of piperidine rings is 1. The summed E-state index contributed by atoms with van der Waals surface area (Å²) >= 11 is 2.17. The fourth-order valence-electron chi connectivity index (χ4n) is 3.33. The molecule has 1 saturated heterocycles. The number of nitrogens with zero attached hydrogens (tertiary/aromatic N) is 2. The van der Waals surface area contributed by atoms with E-state index in [9.17, 15) is 14.4 Å². The van der Waals surface area contributed by atoms with Crippen LogP contribution in [0.2, 0.25) is 25.7 Å². The molecule has 3 amide bonds. The number of carbonyl (C=O) groups is 3. The highest BCUT2D eigenvalue weighted by Crippen LogP contribution is 2.30. The summed E-state index contributed by atoms with van der Waals surface area (Å²) in [6.45, 7) is 7.69. The van der Waals surface area contributed by atoms with Gasteiger partial charge in [-0.25, -0.2) is 0 Å². The second-order valence-corrected chi connectivity index (χ2v) is 15.2. The minimum absolute atomic E-state index is 0.0223. The fourth-order valence-corrected chi connectivity index (χ4v) is 4.58. The lowest BCUT2D eigenvalue weighted by Gasteiger charge is -2.35. The molecule has 146 valence electrons. The summed E-state index contributed by atoms with van der Waals surface area (Å²) in [7, 11) is -1.23. The number of ether oxygens (including phenoxy) is 1. The van der Waals surface area contributed by atoms with Gasteiger partial charge in [0.2, 0.25) is 5.91 Å². The first kappa shape index (κ1) is 20.5. The lowest BCUT2D eigenvalue weighted by molar-refractivity contribution is -0.158. The number of imide groups is 1. The molecule has 1 atom stereocenters. The Kier molecular flexibility index (Phi) is 6.07. The zero-order valence-corrected chi connectivity index (χ0v) is 19.1. The minimum Gasteiger partial charge on any atom is -0.361 e. The maximum atomic E-state index is 12.9. The molecule has 0 saturated carbocycles. The van der Waals surface area contributed by atoms with Crippen molar-refractivity contribution in [3.63, 3.8) is 0 Å². The van der Waals surface area contributed by atoms with E-state index in [1.165, 1.54) is 4.90 Å². The summed E-state index contributed by atoms with van der Waals surface area (Å²) in [5.74, 6) is -0.672. The van der Waals surface area contributed by atoms with Crippen molar-refractivity contribution in [2.24, 2.45) is 0 Å². The standard InChI is InChI=1S/C19H25IN2O4Si/c1-27(2,3)9-8-26-12-22-17(23)7-6-16(19(22)25)21-11-13-4-5-14(20)10-15(13)18(21)24/h4-5,10,16H,6-9,11-12H2,1-3H3. The summed E-state index contributed by atoms with van der Waals surface area (Å²) in [6, 6.07) is 6.13. The average molecular weight is 500 g/mol. The molecular weight excluding hydrogens is 475 g/mol. The number of hydrogen-bond donors (Lipinski definition) is 0. The van der Waals surface area contributed by atoms with Gasteiger partial charge in [-0.15, -0.1) is 0 Å². The Morgan fingerprint density at radius 3 is 2.67 bits per heavy atom. The Labute approximate surface area is 174 Å². The molecule has 0 spiro atoms. The average Bonchev–Trinajstić information content (AvgIpc) is 2.89. The second-order valence-electron chi connectivity index (χ2n) is 8.30. The molecule has 0 bridgehead atoms. The lowest BCUT2D eigenvalue weighted by atomic mass is 10.0. The monoisotopic (exact) mass is 500 g/mol. The first-order chi connectivity index (χ1) is 12.7. The van der Waals surface area contributed by atoms with Gasteiger partial charge in [0.25, 0.3) is 11.8 Å². The molecule has 0 N–H and O–H groups in total. The molecule has 1 unspecified atom stereocenters. The van der Waals surface area contributed by atoms with Crippen LogP contribution in [-0.2, 0) is 20.9 Å². The van der Waals surface area contributed by atoms with Crippen LogP contribution in [0, 0.1) is 3.57 Å². The van der Waals surface area contributed by atoms with E-state index in [-0.39, 0.29) is 30.9 Å². The van der Waals surface area contributed by atoms with E-state index in [1.54, 1.807) is 4.90 Å². The van der Waals surface area contributed by atoms with Gasteiger partial charge in [0.05, 0.1) is 0 Å². The SMILES string of the molecule is C[Si](C)(C)CCOCN1C(=O)CCC(N2Cc3ccc(I)cc3C2=O)C1=O. The second kappa shape index (κ2) is 8.00.